The first kappa shape index (κ1) is 13.9. The molecule has 0 spiro atoms. The predicted octanol–water partition coefficient (Wildman–Crippen LogP) is 1.74. The molecular weight excluding hydrogens is 270 g/mol. The van der Waals surface area contributed by atoms with Gasteiger partial charge in [0.2, 0.25) is 0 Å². The van der Waals surface area contributed by atoms with Crippen LogP contribution in [0.4, 0.5) is 10.6 Å². The Balaban J connectivity index is 1.77. The lowest BCUT2D eigenvalue weighted by Gasteiger charge is -2.28. The predicted molar refractivity (Wildman–Crippen MR) is 77.4 cm³/mol. The van der Waals surface area contributed by atoms with E-state index < -0.39 is 5.97 Å². The number of nitrogens with zero attached hydrogens (tertiary/aromatic N) is 2. The van der Waals surface area contributed by atoms with E-state index in [1.807, 2.05) is 0 Å². The lowest BCUT2D eigenvalue weighted by Crippen LogP contribution is -2.44. The Hall–Kier alpha value is -2.11. The van der Waals surface area contributed by atoms with Crippen LogP contribution in [0.5, 0.6) is 0 Å². The molecule has 1 saturated carbocycles. The van der Waals surface area contributed by atoms with Crippen molar-refractivity contribution in [2.75, 3.05) is 25.1 Å². The highest BCUT2D eigenvalue weighted by Crippen LogP contribution is 2.28. The van der Waals surface area contributed by atoms with Crippen molar-refractivity contribution in [1.29, 1.82) is 0 Å². The monoisotopic (exact) mass is 289 g/mol. The number of methoxy groups -OCH3 is 1. The summed E-state index contributed by atoms with van der Waals surface area (Å²) < 4.78 is 4.70. The van der Waals surface area contributed by atoms with Gasteiger partial charge in [-0.2, -0.15) is 0 Å². The van der Waals surface area contributed by atoms with Crippen molar-refractivity contribution in [1.82, 2.24) is 10.3 Å². The average Bonchev–Trinajstić information content (AvgIpc) is 3.35. The van der Waals surface area contributed by atoms with Crippen LogP contribution in [0.3, 0.4) is 0 Å². The van der Waals surface area contributed by atoms with E-state index in [-0.39, 0.29) is 6.03 Å². The minimum atomic E-state index is -0.402. The molecular formula is C15H19N3O3. The van der Waals surface area contributed by atoms with Gasteiger partial charge < -0.3 is 10.1 Å². The summed E-state index contributed by atoms with van der Waals surface area (Å²) in [4.78, 5) is 29.8. The normalized spacial score (nSPS) is 17.1. The first-order valence-electron chi connectivity index (χ1n) is 7.31. The summed E-state index contributed by atoms with van der Waals surface area (Å²) in [5.74, 6) is 0.899. The number of ether oxygens (including phenoxy) is 1. The van der Waals surface area contributed by atoms with Crippen molar-refractivity contribution in [3.05, 3.63) is 23.4 Å². The quantitative estimate of drug-likeness (QED) is 0.860. The Bertz CT molecular complexity index is 569. The van der Waals surface area contributed by atoms with Crippen LogP contribution in [0.1, 0.15) is 35.2 Å². The molecule has 0 aromatic carbocycles. The smallest absolute Gasteiger partial charge is 0.339 e. The molecule has 2 amide bonds. The van der Waals surface area contributed by atoms with E-state index in [9.17, 15) is 9.59 Å². The van der Waals surface area contributed by atoms with Crippen LogP contribution >= 0.6 is 0 Å². The van der Waals surface area contributed by atoms with Crippen LogP contribution < -0.4 is 10.2 Å². The molecule has 2 heterocycles. The largest absolute Gasteiger partial charge is 0.465 e. The standard InChI is InChI=1S/C15H19N3O3/c1-21-14(19)12-7-11-3-2-6-18(13(11)16-9-12)15(20)17-8-10-4-5-10/h7,9-10H,2-6,8H2,1H3,(H,17,20). The van der Waals surface area contributed by atoms with Crippen LogP contribution in [0.2, 0.25) is 0 Å². The maximum Gasteiger partial charge on any atom is 0.339 e. The maximum atomic E-state index is 12.3. The molecule has 0 unspecified atom stereocenters. The molecule has 6 heteroatoms. The Morgan fingerprint density at radius 1 is 1.48 bits per heavy atom. The molecule has 0 atom stereocenters. The SMILES string of the molecule is COC(=O)c1cnc2c(c1)CCCN2C(=O)NCC1CC1. The second-order valence-corrected chi connectivity index (χ2v) is 5.58. The molecule has 1 aromatic rings. The number of anilines is 1. The number of aromatic nitrogens is 1. The van der Waals surface area contributed by atoms with Crippen molar-refractivity contribution in [3.63, 3.8) is 0 Å². The van der Waals surface area contributed by atoms with Gasteiger partial charge in [-0.05, 0) is 43.2 Å². The number of aryl methyl sites for hydroxylation is 1. The number of esters is 1. The summed E-state index contributed by atoms with van der Waals surface area (Å²) in [5, 5.41) is 2.96. The Morgan fingerprint density at radius 3 is 3.00 bits per heavy atom. The zero-order valence-electron chi connectivity index (χ0n) is 12.1. The fourth-order valence-electron chi connectivity index (χ4n) is 2.54. The van der Waals surface area contributed by atoms with Gasteiger partial charge in [0.1, 0.15) is 5.82 Å². The summed E-state index contributed by atoms with van der Waals surface area (Å²) in [6, 6.07) is 1.68. The highest BCUT2D eigenvalue weighted by Gasteiger charge is 2.27. The number of pyridine rings is 1. The van der Waals surface area contributed by atoms with E-state index in [0.717, 1.165) is 24.9 Å². The molecule has 1 N–H and O–H groups in total. The number of fused-ring (bicyclic) bond motifs is 1. The topological polar surface area (TPSA) is 71.5 Å². The average molecular weight is 289 g/mol. The summed E-state index contributed by atoms with van der Waals surface area (Å²) in [6.45, 7) is 1.40. The highest BCUT2D eigenvalue weighted by molar-refractivity contribution is 5.94. The number of hydrogen-bond acceptors (Lipinski definition) is 4. The van der Waals surface area contributed by atoms with Crippen LogP contribution in [0.15, 0.2) is 12.3 Å². The second kappa shape index (κ2) is 5.71. The first-order chi connectivity index (χ1) is 10.2. The summed E-state index contributed by atoms with van der Waals surface area (Å²) in [6.07, 6.45) is 5.57. The van der Waals surface area contributed by atoms with Gasteiger partial charge in [-0.25, -0.2) is 14.6 Å². The van der Waals surface area contributed by atoms with Crippen molar-refractivity contribution in [2.45, 2.75) is 25.7 Å². The van der Waals surface area contributed by atoms with Gasteiger partial charge in [-0.3, -0.25) is 4.90 Å². The highest BCUT2D eigenvalue weighted by atomic mass is 16.5. The third-order valence-corrected chi connectivity index (χ3v) is 3.93. The molecule has 1 aromatic heterocycles. The molecule has 1 aliphatic carbocycles. The number of carbonyl (C=O) groups is 2. The molecule has 6 nitrogen and oxygen atoms in total. The lowest BCUT2D eigenvalue weighted by molar-refractivity contribution is 0.0600. The number of nitrogens with one attached hydrogen (secondary N) is 1. The number of amides is 2. The van der Waals surface area contributed by atoms with Crippen molar-refractivity contribution < 1.29 is 14.3 Å². The molecule has 21 heavy (non-hydrogen) atoms. The molecule has 112 valence electrons. The number of hydrogen-bond donors (Lipinski definition) is 1. The maximum absolute atomic E-state index is 12.3. The van der Waals surface area contributed by atoms with Gasteiger partial charge in [-0.15, -0.1) is 0 Å². The van der Waals surface area contributed by atoms with E-state index in [2.05, 4.69) is 10.3 Å². The van der Waals surface area contributed by atoms with Gasteiger partial charge in [-0.1, -0.05) is 0 Å². The van der Waals surface area contributed by atoms with Crippen molar-refractivity contribution >= 4 is 17.8 Å². The number of urea groups is 1. The lowest BCUT2D eigenvalue weighted by atomic mass is 10.0. The van der Waals surface area contributed by atoms with Crippen LogP contribution in [0.25, 0.3) is 0 Å². The number of rotatable bonds is 3. The zero-order valence-corrected chi connectivity index (χ0v) is 12.1. The summed E-state index contributed by atoms with van der Waals surface area (Å²) >= 11 is 0. The fourth-order valence-corrected chi connectivity index (χ4v) is 2.54. The molecule has 3 rings (SSSR count). The van der Waals surface area contributed by atoms with Crippen LogP contribution in [-0.4, -0.2) is 37.2 Å². The molecule has 2 aliphatic rings. The van der Waals surface area contributed by atoms with E-state index in [0.29, 0.717) is 23.8 Å². The fraction of sp³-hybridized carbons (Fsp3) is 0.533. The third kappa shape index (κ3) is 2.99. The Labute approximate surface area is 123 Å². The van der Waals surface area contributed by atoms with E-state index in [4.69, 9.17) is 4.74 Å². The first-order valence-corrected chi connectivity index (χ1v) is 7.31. The van der Waals surface area contributed by atoms with E-state index in [1.165, 1.54) is 26.1 Å². The van der Waals surface area contributed by atoms with Gasteiger partial charge in [0.05, 0.1) is 12.7 Å². The van der Waals surface area contributed by atoms with E-state index in [1.54, 1.807) is 11.0 Å². The Kier molecular flexibility index (Phi) is 3.77. The molecule has 0 bridgehead atoms. The minimum Gasteiger partial charge on any atom is -0.465 e. The van der Waals surface area contributed by atoms with Crippen LogP contribution in [-0.2, 0) is 11.2 Å². The molecule has 1 fully saturated rings. The van der Waals surface area contributed by atoms with Crippen molar-refractivity contribution in [2.24, 2.45) is 5.92 Å². The van der Waals surface area contributed by atoms with Gasteiger partial charge in [0.25, 0.3) is 0 Å². The van der Waals surface area contributed by atoms with Gasteiger partial charge >= 0.3 is 12.0 Å². The van der Waals surface area contributed by atoms with E-state index >= 15 is 0 Å². The van der Waals surface area contributed by atoms with Gasteiger partial charge in [0.15, 0.2) is 0 Å². The zero-order chi connectivity index (χ0) is 14.8. The van der Waals surface area contributed by atoms with Crippen molar-refractivity contribution in [3.8, 4) is 0 Å². The number of carbonyl (C=O) groups excluding carboxylic acids is 2. The molecule has 0 radical (unpaired) electrons. The summed E-state index contributed by atoms with van der Waals surface area (Å²) in [5.41, 5.74) is 1.35. The minimum absolute atomic E-state index is 0.0961. The van der Waals surface area contributed by atoms with Gasteiger partial charge in [0, 0.05) is 19.3 Å². The Morgan fingerprint density at radius 2 is 2.29 bits per heavy atom. The second-order valence-electron chi connectivity index (χ2n) is 5.58. The summed E-state index contributed by atoms with van der Waals surface area (Å²) in [7, 11) is 1.35. The van der Waals surface area contributed by atoms with Crippen LogP contribution in [0, 0.1) is 5.92 Å². The molecule has 1 aliphatic heterocycles. The third-order valence-electron chi connectivity index (χ3n) is 3.93. The molecule has 0 saturated heterocycles.